The number of likely N-dealkylation sites (tertiary alicyclic amines) is 1. The lowest BCUT2D eigenvalue weighted by Crippen LogP contribution is -2.41. The molecule has 3 heteroatoms. The van der Waals surface area contributed by atoms with Gasteiger partial charge in [0.25, 0.3) is 0 Å². The van der Waals surface area contributed by atoms with E-state index in [1.165, 1.54) is 5.56 Å². The summed E-state index contributed by atoms with van der Waals surface area (Å²) in [7, 11) is 0. The fraction of sp³-hybridized carbons (Fsp3) is 0.500. The van der Waals surface area contributed by atoms with Gasteiger partial charge in [-0.3, -0.25) is 4.90 Å². The molecule has 0 bridgehead atoms. The second-order valence-electron chi connectivity index (χ2n) is 5.27. The fourth-order valence-corrected chi connectivity index (χ4v) is 2.47. The number of piperidine rings is 1. The second-order valence-corrected chi connectivity index (χ2v) is 5.27. The third-order valence-electron chi connectivity index (χ3n) is 3.64. The van der Waals surface area contributed by atoms with Crippen molar-refractivity contribution in [2.24, 2.45) is 11.7 Å². The molecule has 2 rings (SSSR count). The highest BCUT2D eigenvalue weighted by Gasteiger charge is 2.23. The first-order chi connectivity index (χ1) is 9.19. The number of hydrogen-bond donors (Lipinski definition) is 2. The molecule has 3 N–H and O–H groups in total. The Morgan fingerprint density at radius 1 is 1.37 bits per heavy atom. The molecule has 0 amide bonds. The normalized spacial score (nSPS) is 23.7. The Hall–Kier alpha value is -1.34. The third-order valence-corrected chi connectivity index (χ3v) is 3.64. The van der Waals surface area contributed by atoms with Gasteiger partial charge >= 0.3 is 0 Å². The Balaban J connectivity index is 1.92. The van der Waals surface area contributed by atoms with E-state index in [9.17, 15) is 5.11 Å². The topological polar surface area (TPSA) is 49.5 Å². The van der Waals surface area contributed by atoms with Crippen molar-refractivity contribution in [1.29, 1.82) is 0 Å². The molecule has 1 saturated heterocycles. The van der Waals surface area contributed by atoms with Crippen molar-refractivity contribution in [2.75, 3.05) is 19.6 Å². The minimum atomic E-state index is -0.134. The molecular formula is C16H22N2O. The van der Waals surface area contributed by atoms with Crippen LogP contribution in [0.1, 0.15) is 24.5 Å². The van der Waals surface area contributed by atoms with Crippen molar-refractivity contribution in [2.45, 2.75) is 26.0 Å². The standard InChI is InChI=1S/C16H22N2O/c1-13-11-18(10-8-16(13)19)12-15-6-4-14(5-7-15)3-2-9-17/h4-7,13,16,19H,8-12,17H2,1H3. The van der Waals surface area contributed by atoms with E-state index in [4.69, 9.17) is 5.73 Å². The molecule has 0 aliphatic carbocycles. The van der Waals surface area contributed by atoms with E-state index in [-0.39, 0.29) is 6.10 Å². The number of aliphatic hydroxyl groups is 1. The third kappa shape index (κ3) is 4.07. The highest BCUT2D eigenvalue weighted by molar-refractivity contribution is 5.36. The number of aliphatic hydroxyl groups excluding tert-OH is 1. The van der Waals surface area contributed by atoms with Crippen LogP contribution in [0.5, 0.6) is 0 Å². The summed E-state index contributed by atoms with van der Waals surface area (Å²) >= 11 is 0. The van der Waals surface area contributed by atoms with Gasteiger partial charge in [-0.2, -0.15) is 0 Å². The molecule has 1 heterocycles. The summed E-state index contributed by atoms with van der Waals surface area (Å²) in [6, 6.07) is 8.33. The lowest BCUT2D eigenvalue weighted by molar-refractivity contribution is 0.0320. The Morgan fingerprint density at radius 2 is 2.11 bits per heavy atom. The van der Waals surface area contributed by atoms with Gasteiger partial charge < -0.3 is 10.8 Å². The van der Waals surface area contributed by atoms with Crippen molar-refractivity contribution >= 4 is 0 Å². The number of hydrogen-bond acceptors (Lipinski definition) is 3. The molecule has 0 spiro atoms. The van der Waals surface area contributed by atoms with Gasteiger partial charge in [-0.1, -0.05) is 30.9 Å². The van der Waals surface area contributed by atoms with Crippen molar-refractivity contribution in [3.63, 3.8) is 0 Å². The van der Waals surface area contributed by atoms with Crippen LogP contribution in [0.2, 0.25) is 0 Å². The lowest BCUT2D eigenvalue weighted by Gasteiger charge is -2.34. The Morgan fingerprint density at radius 3 is 2.74 bits per heavy atom. The van der Waals surface area contributed by atoms with E-state index in [1.807, 2.05) is 12.1 Å². The molecule has 102 valence electrons. The number of nitrogens with zero attached hydrogens (tertiary/aromatic N) is 1. The van der Waals surface area contributed by atoms with Gasteiger partial charge in [0.1, 0.15) is 0 Å². The van der Waals surface area contributed by atoms with Gasteiger partial charge in [0.2, 0.25) is 0 Å². The minimum Gasteiger partial charge on any atom is -0.393 e. The van der Waals surface area contributed by atoms with E-state index in [0.717, 1.165) is 31.6 Å². The monoisotopic (exact) mass is 258 g/mol. The summed E-state index contributed by atoms with van der Waals surface area (Å²) < 4.78 is 0. The first-order valence-corrected chi connectivity index (χ1v) is 6.87. The summed E-state index contributed by atoms with van der Waals surface area (Å²) in [5.41, 5.74) is 7.66. The zero-order valence-corrected chi connectivity index (χ0v) is 11.5. The van der Waals surface area contributed by atoms with Gasteiger partial charge in [-0.15, -0.1) is 0 Å². The van der Waals surface area contributed by atoms with Crippen molar-refractivity contribution < 1.29 is 5.11 Å². The summed E-state index contributed by atoms with van der Waals surface area (Å²) in [6.45, 7) is 5.40. The van der Waals surface area contributed by atoms with E-state index in [0.29, 0.717) is 12.5 Å². The van der Waals surface area contributed by atoms with E-state index in [1.54, 1.807) is 0 Å². The van der Waals surface area contributed by atoms with Crippen LogP contribution in [0.25, 0.3) is 0 Å². The minimum absolute atomic E-state index is 0.134. The number of benzene rings is 1. The maximum Gasteiger partial charge on any atom is 0.0590 e. The van der Waals surface area contributed by atoms with Crippen LogP contribution >= 0.6 is 0 Å². The molecule has 3 nitrogen and oxygen atoms in total. The lowest BCUT2D eigenvalue weighted by atomic mass is 9.96. The quantitative estimate of drug-likeness (QED) is 0.784. The first kappa shape index (κ1) is 14.1. The largest absolute Gasteiger partial charge is 0.393 e. The SMILES string of the molecule is CC1CN(Cc2ccc(C#CCN)cc2)CCC1O. The highest BCUT2D eigenvalue weighted by atomic mass is 16.3. The molecular weight excluding hydrogens is 236 g/mol. The molecule has 19 heavy (non-hydrogen) atoms. The van der Waals surface area contributed by atoms with E-state index in [2.05, 4.69) is 35.8 Å². The first-order valence-electron chi connectivity index (χ1n) is 6.87. The summed E-state index contributed by atoms with van der Waals surface area (Å²) in [6.07, 6.45) is 0.742. The number of nitrogens with two attached hydrogens (primary N) is 1. The van der Waals surface area contributed by atoms with E-state index < -0.39 is 0 Å². The molecule has 2 atom stereocenters. The predicted octanol–water partition coefficient (Wildman–Crippen LogP) is 1.20. The van der Waals surface area contributed by atoms with Crippen molar-refractivity contribution in [3.05, 3.63) is 35.4 Å². The molecule has 2 unspecified atom stereocenters. The van der Waals surface area contributed by atoms with Crippen LogP contribution in [0.15, 0.2) is 24.3 Å². The van der Waals surface area contributed by atoms with Crippen LogP contribution in [0.3, 0.4) is 0 Å². The van der Waals surface area contributed by atoms with Crippen LogP contribution in [-0.2, 0) is 6.54 Å². The van der Waals surface area contributed by atoms with Gasteiger partial charge in [0.15, 0.2) is 0 Å². The van der Waals surface area contributed by atoms with Gasteiger partial charge in [0.05, 0.1) is 12.6 Å². The maximum absolute atomic E-state index is 9.73. The van der Waals surface area contributed by atoms with E-state index >= 15 is 0 Å². The van der Waals surface area contributed by atoms with Gasteiger partial charge in [0, 0.05) is 25.2 Å². The second kappa shape index (κ2) is 6.72. The molecule has 1 fully saturated rings. The molecule has 0 aromatic heterocycles. The zero-order chi connectivity index (χ0) is 13.7. The van der Waals surface area contributed by atoms with Crippen molar-refractivity contribution in [1.82, 2.24) is 4.90 Å². The molecule has 1 aromatic rings. The Kier molecular flexibility index (Phi) is 4.98. The highest BCUT2D eigenvalue weighted by Crippen LogP contribution is 2.18. The predicted molar refractivity (Wildman–Crippen MR) is 77.4 cm³/mol. The molecule has 1 aliphatic rings. The number of rotatable bonds is 2. The molecule has 0 radical (unpaired) electrons. The molecule has 1 aliphatic heterocycles. The molecule has 0 saturated carbocycles. The smallest absolute Gasteiger partial charge is 0.0590 e. The zero-order valence-electron chi connectivity index (χ0n) is 11.5. The summed E-state index contributed by atoms with van der Waals surface area (Å²) in [5, 5.41) is 9.73. The van der Waals surface area contributed by atoms with Gasteiger partial charge in [-0.25, -0.2) is 0 Å². The molecule has 1 aromatic carbocycles. The fourth-order valence-electron chi connectivity index (χ4n) is 2.47. The Bertz CT molecular complexity index is 458. The average Bonchev–Trinajstić information content (AvgIpc) is 2.42. The maximum atomic E-state index is 9.73. The summed E-state index contributed by atoms with van der Waals surface area (Å²) in [4.78, 5) is 2.40. The van der Waals surface area contributed by atoms with Crippen LogP contribution in [0, 0.1) is 17.8 Å². The van der Waals surface area contributed by atoms with Crippen LogP contribution in [-0.4, -0.2) is 35.7 Å². The average molecular weight is 258 g/mol. The summed E-state index contributed by atoms with van der Waals surface area (Å²) in [5.74, 6) is 6.25. The Labute approximate surface area is 115 Å². The van der Waals surface area contributed by atoms with Crippen LogP contribution in [0.4, 0.5) is 0 Å². The van der Waals surface area contributed by atoms with Crippen LogP contribution < -0.4 is 5.73 Å². The van der Waals surface area contributed by atoms with Crippen molar-refractivity contribution in [3.8, 4) is 11.8 Å². The van der Waals surface area contributed by atoms with Gasteiger partial charge in [-0.05, 0) is 30.0 Å².